The summed E-state index contributed by atoms with van der Waals surface area (Å²) >= 11 is 0. The topological polar surface area (TPSA) is 67.3 Å². The van der Waals surface area contributed by atoms with Crippen LogP contribution in [0.1, 0.15) is 12.8 Å². The Morgan fingerprint density at radius 2 is 1.79 bits per heavy atom. The number of aromatic nitrogens is 2. The second-order valence-corrected chi connectivity index (χ2v) is 7.08. The molecule has 2 heterocycles. The predicted molar refractivity (Wildman–Crippen MR) is 114 cm³/mol. The lowest BCUT2D eigenvalue weighted by Crippen LogP contribution is -2.39. The van der Waals surface area contributed by atoms with Crippen molar-refractivity contribution >= 4 is 17.5 Å². The van der Waals surface area contributed by atoms with E-state index >= 15 is 0 Å². The van der Waals surface area contributed by atoms with Crippen molar-refractivity contribution in [2.75, 3.05) is 30.4 Å². The third-order valence-corrected chi connectivity index (χ3v) is 5.27. The first-order valence-electron chi connectivity index (χ1n) is 9.81. The van der Waals surface area contributed by atoms with Crippen molar-refractivity contribution in [3.8, 4) is 16.9 Å². The first-order chi connectivity index (χ1) is 14.2. The first-order valence-corrected chi connectivity index (χ1v) is 9.81. The molecule has 0 bridgehead atoms. The van der Waals surface area contributed by atoms with E-state index in [4.69, 9.17) is 4.74 Å². The number of amides is 1. The minimum Gasteiger partial charge on any atom is -0.497 e. The molecule has 0 atom stereocenters. The summed E-state index contributed by atoms with van der Waals surface area (Å²) in [6.45, 7) is 1.55. The summed E-state index contributed by atoms with van der Waals surface area (Å²) in [7, 11) is 1.65. The van der Waals surface area contributed by atoms with Crippen LogP contribution in [0.5, 0.6) is 5.75 Å². The molecule has 1 aliphatic rings. The standard InChI is InChI=1S/C23H24N4O2/c1-29-19-7-4-6-18(16-19)20-8-2-3-9-21(20)26-22(28)17-10-14-27(15-11-17)23-24-12-5-13-25-23/h2-9,12-13,16-17H,10-11,14-15H2,1H3,(H,26,28). The van der Waals surface area contributed by atoms with Gasteiger partial charge in [-0.05, 0) is 42.7 Å². The van der Waals surface area contributed by atoms with Gasteiger partial charge in [-0.3, -0.25) is 4.79 Å². The number of hydrogen-bond donors (Lipinski definition) is 1. The van der Waals surface area contributed by atoms with Gasteiger partial charge in [-0.1, -0.05) is 30.3 Å². The molecule has 0 spiro atoms. The Morgan fingerprint density at radius 1 is 1.03 bits per heavy atom. The average molecular weight is 388 g/mol. The third kappa shape index (κ3) is 4.37. The van der Waals surface area contributed by atoms with Crippen LogP contribution >= 0.6 is 0 Å². The van der Waals surface area contributed by atoms with Crippen molar-refractivity contribution in [3.05, 3.63) is 67.0 Å². The van der Waals surface area contributed by atoms with Crippen LogP contribution in [-0.2, 0) is 4.79 Å². The van der Waals surface area contributed by atoms with Gasteiger partial charge in [0.1, 0.15) is 5.75 Å². The van der Waals surface area contributed by atoms with Gasteiger partial charge in [0.15, 0.2) is 0 Å². The summed E-state index contributed by atoms with van der Waals surface area (Å²) in [6.07, 6.45) is 5.06. The summed E-state index contributed by atoms with van der Waals surface area (Å²) in [6, 6.07) is 17.5. The summed E-state index contributed by atoms with van der Waals surface area (Å²) in [4.78, 5) is 23.7. The van der Waals surface area contributed by atoms with Crippen molar-refractivity contribution in [2.45, 2.75) is 12.8 Å². The van der Waals surface area contributed by atoms with Crippen LogP contribution in [0.25, 0.3) is 11.1 Å². The molecule has 3 aromatic rings. The van der Waals surface area contributed by atoms with E-state index < -0.39 is 0 Å². The van der Waals surface area contributed by atoms with Gasteiger partial charge in [0.2, 0.25) is 11.9 Å². The maximum atomic E-state index is 12.9. The molecular weight excluding hydrogens is 364 g/mol. The molecule has 0 unspecified atom stereocenters. The molecule has 4 rings (SSSR count). The Morgan fingerprint density at radius 3 is 2.55 bits per heavy atom. The Labute approximate surface area is 170 Å². The van der Waals surface area contributed by atoms with Gasteiger partial charge in [0, 0.05) is 42.7 Å². The van der Waals surface area contributed by atoms with Crippen LogP contribution in [0, 0.1) is 5.92 Å². The summed E-state index contributed by atoms with van der Waals surface area (Å²) in [5.41, 5.74) is 2.81. The van der Waals surface area contributed by atoms with Crippen LogP contribution in [0.3, 0.4) is 0 Å². The molecular formula is C23H24N4O2. The number of rotatable bonds is 5. The highest BCUT2D eigenvalue weighted by Crippen LogP contribution is 2.31. The fourth-order valence-electron chi connectivity index (χ4n) is 3.67. The minimum atomic E-state index is -0.0201. The Kier molecular flexibility index (Phi) is 5.70. The highest BCUT2D eigenvalue weighted by Gasteiger charge is 2.26. The fourth-order valence-corrected chi connectivity index (χ4v) is 3.67. The molecule has 0 aliphatic carbocycles. The average Bonchev–Trinajstić information content (AvgIpc) is 2.80. The van der Waals surface area contributed by atoms with Crippen molar-refractivity contribution in [2.24, 2.45) is 5.92 Å². The molecule has 1 N–H and O–H groups in total. The van der Waals surface area contributed by atoms with E-state index in [1.54, 1.807) is 19.5 Å². The van der Waals surface area contributed by atoms with E-state index in [1.807, 2.05) is 54.6 Å². The molecule has 29 heavy (non-hydrogen) atoms. The monoisotopic (exact) mass is 388 g/mol. The number of carbonyl (C=O) groups excluding carboxylic acids is 1. The highest BCUT2D eigenvalue weighted by molar-refractivity contribution is 5.97. The second kappa shape index (κ2) is 8.73. The molecule has 0 radical (unpaired) electrons. The predicted octanol–water partition coefficient (Wildman–Crippen LogP) is 4.01. The number of hydrogen-bond acceptors (Lipinski definition) is 5. The number of ether oxygens (including phenoxy) is 1. The van der Waals surface area contributed by atoms with E-state index in [2.05, 4.69) is 20.2 Å². The Hall–Kier alpha value is -3.41. The minimum absolute atomic E-state index is 0.0201. The Balaban J connectivity index is 1.44. The summed E-state index contributed by atoms with van der Waals surface area (Å²) in [5, 5.41) is 3.14. The van der Waals surface area contributed by atoms with Gasteiger partial charge < -0.3 is 15.0 Å². The molecule has 1 saturated heterocycles. The van der Waals surface area contributed by atoms with Gasteiger partial charge in [0.05, 0.1) is 7.11 Å². The first kappa shape index (κ1) is 18.9. The molecule has 148 valence electrons. The van der Waals surface area contributed by atoms with Crippen molar-refractivity contribution in [1.29, 1.82) is 0 Å². The molecule has 6 heteroatoms. The van der Waals surface area contributed by atoms with Crippen LogP contribution < -0.4 is 15.0 Å². The molecule has 2 aromatic carbocycles. The zero-order valence-corrected chi connectivity index (χ0v) is 16.4. The van der Waals surface area contributed by atoms with Crippen molar-refractivity contribution < 1.29 is 9.53 Å². The largest absolute Gasteiger partial charge is 0.497 e. The van der Waals surface area contributed by atoms with Gasteiger partial charge in [-0.2, -0.15) is 0 Å². The van der Waals surface area contributed by atoms with Gasteiger partial charge in [-0.25, -0.2) is 9.97 Å². The number of benzene rings is 2. The number of piperidine rings is 1. The van der Waals surface area contributed by atoms with E-state index in [0.29, 0.717) is 0 Å². The van der Waals surface area contributed by atoms with Crippen molar-refractivity contribution in [1.82, 2.24) is 9.97 Å². The summed E-state index contributed by atoms with van der Waals surface area (Å²) in [5.74, 6) is 1.57. The highest BCUT2D eigenvalue weighted by atomic mass is 16.5. The maximum absolute atomic E-state index is 12.9. The van der Waals surface area contributed by atoms with E-state index in [-0.39, 0.29) is 11.8 Å². The second-order valence-electron chi connectivity index (χ2n) is 7.08. The SMILES string of the molecule is COc1cccc(-c2ccccc2NC(=O)C2CCN(c3ncccn3)CC2)c1. The van der Waals surface area contributed by atoms with Gasteiger partial charge in [0.25, 0.3) is 0 Å². The van der Waals surface area contributed by atoms with Crippen LogP contribution in [0.2, 0.25) is 0 Å². The lowest BCUT2D eigenvalue weighted by Gasteiger charge is -2.31. The third-order valence-electron chi connectivity index (χ3n) is 5.27. The maximum Gasteiger partial charge on any atom is 0.227 e. The van der Waals surface area contributed by atoms with Gasteiger partial charge in [-0.15, -0.1) is 0 Å². The zero-order chi connectivity index (χ0) is 20.1. The molecule has 1 aliphatic heterocycles. The Bertz CT molecular complexity index is 969. The number of para-hydroxylation sites is 1. The van der Waals surface area contributed by atoms with E-state index in [0.717, 1.165) is 54.4 Å². The van der Waals surface area contributed by atoms with Crippen LogP contribution in [0.4, 0.5) is 11.6 Å². The van der Waals surface area contributed by atoms with Crippen LogP contribution in [0.15, 0.2) is 67.0 Å². The lowest BCUT2D eigenvalue weighted by atomic mass is 9.95. The number of nitrogens with zero attached hydrogens (tertiary/aromatic N) is 3. The molecule has 1 amide bonds. The molecule has 1 fully saturated rings. The molecule has 1 aromatic heterocycles. The number of nitrogens with one attached hydrogen (secondary N) is 1. The number of methoxy groups -OCH3 is 1. The fraction of sp³-hybridized carbons (Fsp3) is 0.261. The van der Waals surface area contributed by atoms with Crippen molar-refractivity contribution in [3.63, 3.8) is 0 Å². The quantitative estimate of drug-likeness (QED) is 0.715. The van der Waals surface area contributed by atoms with Gasteiger partial charge >= 0.3 is 0 Å². The summed E-state index contributed by atoms with van der Waals surface area (Å²) < 4.78 is 5.34. The van der Waals surface area contributed by atoms with E-state index in [9.17, 15) is 4.79 Å². The van der Waals surface area contributed by atoms with Crippen LogP contribution in [-0.4, -0.2) is 36.1 Å². The number of anilines is 2. The zero-order valence-electron chi connectivity index (χ0n) is 16.4. The lowest BCUT2D eigenvalue weighted by molar-refractivity contribution is -0.120. The molecule has 6 nitrogen and oxygen atoms in total. The normalized spacial score (nSPS) is 14.4. The smallest absolute Gasteiger partial charge is 0.227 e. The van der Waals surface area contributed by atoms with E-state index in [1.165, 1.54) is 0 Å². The number of carbonyl (C=O) groups is 1. The molecule has 0 saturated carbocycles.